The average molecular weight is 256 g/mol. The van der Waals surface area contributed by atoms with Crippen LogP contribution in [0.1, 0.15) is 11.6 Å². The van der Waals surface area contributed by atoms with Gasteiger partial charge in [0.15, 0.2) is 0 Å². The van der Waals surface area contributed by atoms with E-state index in [4.69, 9.17) is 10.5 Å². The highest BCUT2D eigenvalue weighted by Gasteiger charge is 2.12. The molecule has 2 rings (SSSR count). The largest absolute Gasteiger partial charge is 0.457 e. The summed E-state index contributed by atoms with van der Waals surface area (Å²) in [7, 11) is 4.06. The van der Waals surface area contributed by atoms with Crippen LogP contribution in [0.4, 0.5) is 0 Å². The number of hydrogen-bond acceptors (Lipinski definition) is 3. The summed E-state index contributed by atoms with van der Waals surface area (Å²) in [5, 5.41) is 0. The Morgan fingerprint density at radius 1 is 1.00 bits per heavy atom. The van der Waals surface area contributed by atoms with E-state index in [1.807, 2.05) is 62.6 Å². The van der Waals surface area contributed by atoms with Crippen LogP contribution in [0, 0.1) is 0 Å². The molecule has 2 aromatic rings. The molecule has 0 bridgehead atoms. The summed E-state index contributed by atoms with van der Waals surface area (Å²) in [4.78, 5) is 2.11. The van der Waals surface area contributed by atoms with E-state index in [2.05, 4.69) is 11.0 Å². The van der Waals surface area contributed by atoms with Gasteiger partial charge in [-0.2, -0.15) is 0 Å². The van der Waals surface area contributed by atoms with Crippen molar-refractivity contribution < 1.29 is 4.74 Å². The fraction of sp³-hybridized carbons (Fsp3) is 0.250. The van der Waals surface area contributed by atoms with Gasteiger partial charge in [-0.25, -0.2) is 0 Å². The van der Waals surface area contributed by atoms with Crippen LogP contribution in [0.25, 0.3) is 0 Å². The van der Waals surface area contributed by atoms with Crippen LogP contribution >= 0.6 is 0 Å². The van der Waals surface area contributed by atoms with Crippen molar-refractivity contribution in [2.45, 2.75) is 6.04 Å². The second-order valence-electron chi connectivity index (χ2n) is 4.70. The molecule has 0 aliphatic carbocycles. The fourth-order valence-corrected chi connectivity index (χ4v) is 2.05. The third kappa shape index (κ3) is 3.56. The zero-order valence-corrected chi connectivity index (χ0v) is 11.4. The lowest BCUT2D eigenvalue weighted by molar-refractivity contribution is 0.305. The Balaban J connectivity index is 2.19. The highest BCUT2D eigenvalue weighted by atomic mass is 16.5. The molecule has 0 saturated carbocycles. The molecule has 0 radical (unpaired) electrons. The number of ether oxygens (including phenoxy) is 1. The summed E-state index contributed by atoms with van der Waals surface area (Å²) >= 11 is 0. The van der Waals surface area contributed by atoms with Crippen LogP contribution in [-0.2, 0) is 0 Å². The zero-order chi connectivity index (χ0) is 13.7. The third-order valence-corrected chi connectivity index (χ3v) is 3.07. The van der Waals surface area contributed by atoms with Crippen molar-refractivity contribution in [3.05, 3.63) is 60.2 Å². The van der Waals surface area contributed by atoms with E-state index in [1.54, 1.807) is 0 Å². The quantitative estimate of drug-likeness (QED) is 0.893. The van der Waals surface area contributed by atoms with Gasteiger partial charge in [0.2, 0.25) is 0 Å². The molecule has 3 heteroatoms. The Morgan fingerprint density at radius 3 is 2.32 bits per heavy atom. The van der Waals surface area contributed by atoms with Crippen LogP contribution in [-0.4, -0.2) is 25.5 Å². The van der Waals surface area contributed by atoms with Crippen LogP contribution in [0.3, 0.4) is 0 Å². The van der Waals surface area contributed by atoms with Crippen molar-refractivity contribution in [3.63, 3.8) is 0 Å². The minimum atomic E-state index is 0.208. The van der Waals surface area contributed by atoms with E-state index in [9.17, 15) is 0 Å². The molecule has 1 unspecified atom stereocenters. The van der Waals surface area contributed by atoms with Gasteiger partial charge in [0, 0.05) is 12.6 Å². The van der Waals surface area contributed by atoms with E-state index in [0.29, 0.717) is 6.54 Å². The number of hydrogen-bond donors (Lipinski definition) is 1. The molecule has 3 nitrogen and oxygen atoms in total. The van der Waals surface area contributed by atoms with Gasteiger partial charge in [-0.05, 0) is 43.9 Å². The van der Waals surface area contributed by atoms with Crippen LogP contribution in [0.5, 0.6) is 11.5 Å². The molecular weight excluding hydrogens is 236 g/mol. The molecule has 0 aliphatic rings. The Bertz CT molecular complexity index is 511. The van der Waals surface area contributed by atoms with Gasteiger partial charge >= 0.3 is 0 Å². The summed E-state index contributed by atoms with van der Waals surface area (Å²) in [6.07, 6.45) is 0. The van der Waals surface area contributed by atoms with Gasteiger partial charge in [-0.3, -0.25) is 0 Å². The van der Waals surface area contributed by atoms with Crippen molar-refractivity contribution in [1.29, 1.82) is 0 Å². The van der Waals surface area contributed by atoms with Gasteiger partial charge in [0.05, 0.1) is 0 Å². The number of likely N-dealkylation sites (N-methyl/N-ethyl adjacent to an activating group) is 1. The summed E-state index contributed by atoms with van der Waals surface area (Å²) in [6.45, 7) is 0.585. The number of para-hydroxylation sites is 1. The standard InChI is InChI=1S/C16H20N2O/c1-18(2)16(12-17)13-7-6-10-15(11-13)19-14-8-4-3-5-9-14/h3-11,16H,12,17H2,1-2H3. The topological polar surface area (TPSA) is 38.5 Å². The molecule has 2 N–H and O–H groups in total. The summed E-state index contributed by atoms with van der Waals surface area (Å²) < 4.78 is 5.83. The van der Waals surface area contributed by atoms with Gasteiger partial charge in [0.1, 0.15) is 11.5 Å². The van der Waals surface area contributed by atoms with E-state index in [0.717, 1.165) is 11.5 Å². The predicted octanol–water partition coefficient (Wildman–Crippen LogP) is 3.04. The Kier molecular flexibility index (Phi) is 4.55. The summed E-state index contributed by atoms with van der Waals surface area (Å²) in [5.41, 5.74) is 6.99. The van der Waals surface area contributed by atoms with E-state index >= 15 is 0 Å². The molecule has 0 aliphatic heterocycles. The zero-order valence-electron chi connectivity index (χ0n) is 11.4. The average Bonchev–Trinajstić information content (AvgIpc) is 2.41. The van der Waals surface area contributed by atoms with Crippen molar-refractivity contribution >= 4 is 0 Å². The van der Waals surface area contributed by atoms with Gasteiger partial charge in [-0.15, -0.1) is 0 Å². The van der Waals surface area contributed by atoms with Crippen LogP contribution in [0.15, 0.2) is 54.6 Å². The lowest BCUT2D eigenvalue weighted by atomic mass is 10.1. The minimum absolute atomic E-state index is 0.208. The first kappa shape index (κ1) is 13.6. The molecular formula is C16H20N2O. The van der Waals surface area contributed by atoms with E-state index in [1.165, 1.54) is 5.56 Å². The second-order valence-corrected chi connectivity index (χ2v) is 4.70. The maximum absolute atomic E-state index is 5.83. The van der Waals surface area contributed by atoms with Crippen molar-refractivity contribution in [2.75, 3.05) is 20.6 Å². The second kappa shape index (κ2) is 6.36. The lowest BCUT2D eigenvalue weighted by Gasteiger charge is -2.23. The highest BCUT2D eigenvalue weighted by molar-refractivity contribution is 5.35. The Morgan fingerprint density at radius 2 is 1.68 bits per heavy atom. The summed E-state index contributed by atoms with van der Waals surface area (Å²) in [6, 6.07) is 18.1. The first-order valence-electron chi connectivity index (χ1n) is 6.40. The normalized spacial score (nSPS) is 12.4. The molecule has 100 valence electrons. The first-order valence-corrected chi connectivity index (χ1v) is 6.40. The van der Waals surface area contributed by atoms with E-state index in [-0.39, 0.29) is 6.04 Å². The van der Waals surface area contributed by atoms with E-state index < -0.39 is 0 Å². The van der Waals surface area contributed by atoms with Gasteiger partial charge < -0.3 is 15.4 Å². The Hall–Kier alpha value is -1.84. The number of benzene rings is 2. The molecule has 2 aromatic carbocycles. The third-order valence-electron chi connectivity index (χ3n) is 3.07. The molecule has 0 aromatic heterocycles. The van der Waals surface area contributed by atoms with Crippen molar-refractivity contribution in [1.82, 2.24) is 4.90 Å². The SMILES string of the molecule is CN(C)C(CN)c1cccc(Oc2ccccc2)c1. The Labute approximate surface area is 114 Å². The molecule has 0 spiro atoms. The van der Waals surface area contributed by atoms with Crippen LogP contribution < -0.4 is 10.5 Å². The van der Waals surface area contributed by atoms with Gasteiger partial charge in [0.25, 0.3) is 0 Å². The van der Waals surface area contributed by atoms with Crippen molar-refractivity contribution in [3.8, 4) is 11.5 Å². The molecule has 0 heterocycles. The molecule has 1 atom stereocenters. The fourth-order valence-electron chi connectivity index (χ4n) is 2.05. The number of nitrogens with zero attached hydrogens (tertiary/aromatic N) is 1. The maximum atomic E-state index is 5.83. The lowest BCUT2D eigenvalue weighted by Crippen LogP contribution is -2.27. The predicted molar refractivity (Wildman–Crippen MR) is 78.4 cm³/mol. The molecule has 0 fully saturated rings. The van der Waals surface area contributed by atoms with Gasteiger partial charge in [-0.1, -0.05) is 30.3 Å². The monoisotopic (exact) mass is 256 g/mol. The molecule has 0 amide bonds. The van der Waals surface area contributed by atoms with Crippen LogP contribution in [0.2, 0.25) is 0 Å². The molecule has 0 saturated heterocycles. The molecule has 19 heavy (non-hydrogen) atoms. The summed E-state index contributed by atoms with van der Waals surface area (Å²) in [5.74, 6) is 1.68. The number of rotatable bonds is 5. The maximum Gasteiger partial charge on any atom is 0.127 e. The highest BCUT2D eigenvalue weighted by Crippen LogP contribution is 2.25. The number of nitrogens with two attached hydrogens (primary N) is 1. The smallest absolute Gasteiger partial charge is 0.127 e. The first-order chi connectivity index (χ1) is 9.20. The van der Waals surface area contributed by atoms with Crippen molar-refractivity contribution in [2.24, 2.45) is 5.73 Å². The minimum Gasteiger partial charge on any atom is -0.457 e.